The van der Waals surface area contributed by atoms with Crippen LogP contribution in [0.4, 0.5) is 0 Å². The molecular weight excluding hydrogens is 588 g/mol. The van der Waals surface area contributed by atoms with Crippen molar-refractivity contribution in [3.05, 3.63) is 76.3 Å². The first-order valence-corrected chi connectivity index (χ1v) is 16.8. The number of nitrogens with two attached hydrogens (primary N) is 1. The van der Waals surface area contributed by atoms with Crippen LogP contribution < -0.4 is 15.8 Å². The number of halogens is 1. The Morgan fingerprint density at radius 1 is 1.09 bits per heavy atom. The maximum absolute atomic E-state index is 14.0. The van der Waals surface area contributed by atoms with Crippen molar-refractivity contribution in [1.29, 1.82) is 0 Å². The SMILES string of the molecule is CC.CCN(CC1=C(c2ccc(Cl)cc2)S(=O)(=O)NC12CCCC2)C(=O)[C@@H](COCc1ccccc1)NC(=O)C(C)(C)N. The van der Waals surface area contributed by atoms with E-state index in [9.17, 15) is 18.0 Å². The number of benzene rings is 2. The van der Waals surface area contributed by atoms with E-state index in [2.05, 4.69) is 10.0 Å². The minimum absolute atomic E-state index is 0.0726. The van der Waals surface area contributed by atoms with Gasteiger partial charge in [0.05, 0.1) is 29.2 Å². The van der Waals surface area contributed by atoms with Crippen molar-refractivity contribution in [1.82, 2.24) is 14.9 Å². The Kier molecular flexibility index (Phi) is 12.0. The molecule has 0 unspecified atom stereocenters. The van der Waals surface area contributed by atoms with Crippen LogP contribution in [0.5, 0.6) is 0 Å². The van der Waals surface area contributed by atoms with Crippen molar-refractivity contribution < 1.29 is 22.7 Å². The predicted molar refractivity (Wildman–Crippen MR) is 172 cm³/mol. The van der Waals surface area contributed by atoms with E-state index in [1.54, 1.807) is 43.0 Å². The molecule has 0 radical (unpaired) electrons. The Bertz CT molecular complexity index is 1380. The van der Waals surface area contributed by atoms with Crippen LogP contribution in [0.1, 0.15) is 71.4 Å². The van der Waals surface area contributed by atoms with Crippen LogP contribution >= 0.6 is 11.6 Å². The van der Waals surface area contributed by atoms with E-state index in [1.165, 1.54) is 0 Å². The summed E-state index contributed by atoms with van der Waals surface area (Å²) < 4.78 is 35.9. The van der Waals surface area contributed by atoms with Gasteiger partial charge in [-0.05, 0) is 62.4 Å². The van der Waals surface area contributed by atoms with Gasteiger partial charge in [-0.3, -0.25) is 9.59 Å². The molecule has 1 aliphatic heterocycles. The molecule has 1 atom stereocenters. The Hall–Kier alpha value is -2.76. The van der Waals surface area contributed by atoms with Gasteiger partial charge in [-0.25, -0.2) is 13.1 Å². The molecule has 43 heavy (non-hydrogen) atoms. The zero-order valence-corrected chi connectivity index (χ0v) is 27.4. The van der Waals surface area contributed by atoms with Gasteiger partial charge < -0.3 is 20.7 Å². The maximum atomic E-state index is 14.0. The quantitative estimate of drug-likeness (QED) is 0.332. The van der Waals surface area contributed by atoms with Gasteiger partial charge in [-0.2, -0.15) is 0 Å². The molecule has 0 bridgehead atoms. The molecule has 11 heteroatoms. The van der Waals surface area contributed by atoms with Crippen LogP contribution in [-0.4, -0.2) is 61.9 Å². The van der Waals surface area contributed by atoms with Gasteiger partial charge in [0.1, 0.15) is 6.04 Å². The molecule has 2 amide bonds. The minimum Gasteiger partial charge on any atom is -0.374 e. The van der Waals surface area contributed by atoms with Crippen LogP contribution in [0.2, 0.25) is 5.02 Å². The number of nitrogens with one attached hydrogen (secondary N) is 2. The van der Waals surface area contributed by atoms with Gasteiger partial charge >= 0.3 is 0 Å². The normalized spacial score (nSPS) is 17.7. The molecule has 236 valence electrons. The van der Waals surface area contributed by atoms with E-state index in [0.29, 0.717) is 35.5 Å². The third-order valence-corrected chi connectivity index (χ3v) is 9.57. The van der Waals surface area contributed by atoms with E-state index in [4.69, 9.17) is 22.1 Å². The Morgan fingerprint density at radius 2 is 1.70 bits per heavy atom. The number of likely N-dealkylation sites (N-methyl/N-ethyl adjacent to an activating group) is 1. The number of hydrogen-bond donors (Lipinski definition) is 3. The smallest absolute Gasteiger partial charge is 0.247 e. The second-order valence-corrected chi connectivity index (χ2v) is 13.4. The summed E-state index contributed by atoms with van der Waals surface area (Å²) in [6.07, 6.45) is 3.04. The first-order chi connectivity index (χ1) is 20.4. The largest absolute Gasteiger partial charge is 0.374 e. The zero-order chi connectivity index (χ0) is 31.8. The Labute approximate surface area is 261 Å². The van der Waals surface area contributed by atoms with Crippen molar-refractivity contribution in [3.63, 3.8) is 0 Å². The van der Waals surface area contributed by atoms with Gasteiger partial charge in [0.2, 0.25) is 21.8 Å². The number of rotatable bonds is 11. The summed E-state index contributed by atoms with van der Waals surface area (Å²) in [5, 5.41) is 3.26. The third-order valence-electron chi connectivity index (χ3n) is 7.64. The molecule has 0 aromatic heterocycles. The molecule has 0 saturated heterocycles. The summed E-state index contributed by atoms with van der Waals surface area (Å²) >= 11 is 6.09. The monoisotopic (exact) mass is 632 g/mol. The molecular formula is C32H45ClN4O5S. The number of hydrogen-bond acceptors (Lipinski definition) is 6. The van der Waals surface area contributed by atoms with Crippen molar-refractivity contribution in [2.24, 2.45) is 5.73 Å². The molecule has 1 fully saturated rings. The number of sulfonamides is 1. The summed E-state index contributed by atoms with van der Waals surface area (Å²) in [5.41, 5.74) is 6.15. The number of amides is 2. The summed E-state index contributed by atoms with van der Waals surface area (Å²) in [6.45, 7) is 9.52. The van der Waals surface area contributed by atoms with E-state index >= 15 is 0 Å². The molecule has 4 N–H and O–H groups in total. The first-order valence-electron chi connectivity index (χ1n) is 14.9. The van der Waals surface area contributed by atoms with Crippen LogP contribution in [0, 0.1) is 0 Å². The Morgan fingerprint density at radius 3 is 2.26 bits per heavy atom. The molecule has 2 aliphatic rings. The van der Waals surface area contributed by atoms with Crippen LogP contribution in [0.25, 0.3) is 4.91 Å². The molecule has 2 aromatic rings. The van der Waals surface area contributed by atoms with Gasteiger partial charge in [-0.1, -0.05) is 80.8 Å². The number of nitrogens with zero attached hydrogens (tertiary/aromatic N) is 1. The summed E-state index contributed by atoms with van der Waals surface area (Å²) in [7, 11) is -3.84. The van der Waals surface area contributed by atoms with Crippen molar-refractivity contribution in [2.75, 3.05) is 19.7 Å². The zero-order valence-electron chi connectivity index (χ0n) is 25.8. The molecule has 4 rings (SSSR count). The second kappa shape index (κ2) is 14.8. The average Bonchev–Trinajstić information content (AvgIpc) is 3.52. The molecule has 1 heterocycles. The number of carbonyl (C=O) groups is 2. The van der Waals surface area contributed by atoms with Crippen LogP contribution in [0.3, 0.4) is 0 Å². The van der Waals surface area contributed by atoms with Gasteiger partial charge in [-0.15, -0.1) is 0 Å². The van der Waals surface area contributed by atoms with Crippen molar-refractivity contribution >= 4 is 38.3 Å². The van der Waals surface area contributed by atoms with Gasteiger partial charge in [0, 0.05) is 18.1 Å². The average molecular weight is 633 g/mol. The lowest BCUT2D eigenvalue weighted by Crippen LogP contribution is -2.58. The fraction of sp³-hybridized carbons (Fsp3) is 0.500. The van der Waals surface area contributed by atoms with Crippen LogP contribution in [0.15, 0.2) is 60.2 Å². The number of carbonyl (C=O) groups excluding carboxylic acids is 2. The standard InChI is InChI=1S/C30H39ClN4O5S.C2H6/c1-4-35(27(36)25(33-28(37)29(2,3)32)20-40-19-21-10-6-5-7-11-21)18-24-26(22-12-14-23(31)15-13-22)41(38,39)34-30(24)16-8-9-17-30;1-2/h5-7,10-15,25,34H,4,8-9,16-20,32H2,1-3H3,(H,33,37);1-2H3/t25-;/m1./s1. The van der Waals surface area contributed by atoms with E-state index in [-0.39, 0.29) is 30.6 Å². The first kappa shape index (κ1) is 34.7. The summed E-state index contributed by atoms with van der Waals surface area (Å²) in [5.74, 6) is -0.868. The highest BCUT2D eigenvalue weighted by Gasteiger charge is 2.50. The predicted octanol–water partition coefficient (Wildman–Crippen LogP) is 4.61. The summed E-state index contributed by atoms with van der Waals surface area (Å²) in [6, 6.07) is 15.2. The van der Waals surface area contributed by atoms with E-state index < -0.39 is 33.1 Å². The fourth-order valence-corrected chi connectivity index (χ4v) is 7.53. The fourth-order valence-electron chi connectivity index (χ4n) is 5.43. The third kappa shape index (κ3) is 8.45. The van der Waals surface area contributed by atoms with E-state index in [0.717, 1.165) is 18.4 Å². The maximum Gasteiger partial charge on any atom is 0.247 e. The Balaban J connectivity index is 0.00000248. The number of ether oxygens (including phenoxy) is 1. The van der Waals surface area contributed by atoms with Gasteiger partial charge in [0.15, 0.2) is 0 Å². The van der Waals surface area contributed by atoms with E-state index in [1.807, 2.05) is 51.1 Å². The lowest BCUT2D eigenvalue weighted by molar-refractivity contribution is -0.139. The highest BCUT2D eigenvalue weighted by atomic mass is 35.5. The second-order valence-electron chi connectivity index (χ2n) is 11.3. The lowest BCUT2D eigenvalue weighted by Gasteiger charge is -2.33. The minimum atomic E-state index is -3.84. The molecule has 9 nitrogen and oxygen atoms in total. The van der Waals surface area contributed by atoms with Crippen LogP contribution in [-0.2, 0) is 31.0 Å². The van der Waals surface area contributed by atoms with Gasteiger partial charge in [0.25, 0.3) is 0 Å². The lowest BCUT2D eigenvalue weighted by atomic mass is 9.87. The molecule has 1 spiro atoms. The topological polar surface area (TPSA) is 131 Å². The molecule has 1 saturated carbocycles. The molecule has 1 aliphatic carbocycles. The van der Waals surface area contributed by atoms with Crippen molar-refractivity contribution in [3.8, 4) is 0 Å². The van der Waals surface area contributed by atoms with Crippen molar-refractivity contribution in [2.45, 2.75) is 84.0 Å². The summed E-state index contributed by atoms with van der Waals surface area (Å²) in [4.78, 5) is 28.6. The highest BCUT2D eigenvalue weighted by Crippen LogP contribution is 2.47. The molecule has 2 aromatic carbocycles. The highest BCUT2D eigenvalue weighted by molar-refractivity contribution is 7.99.